The number of pyridine rings is 1. The molecular formula is C23H25Cl2N5O. The molecule has 2 heterocycles. The molecule has 1 aliphatic heterocycles. The molecule has 1 aromatic carbocycles. The highest BCUT2D eigenvalue weighted by Crippen LogP contribution is 2.41. The fraction of sp³-hybridized carbons (Fsp3) is 0.391. The Morgan fingerprint density at radius 2 is 1.94 bits per heavy atom. The number of benzene rings is 1. The number of aromatic nitrogens is 1. The maximum atomic E-state index is 13.1. The molecule has 1 aromatic heterocycles. The molecule has 0 radical (unpaired) electrons. The van der Waals surface area contributed by atoms with Crippen molar-refractivity contribution in [2.24, 2.45) is 5.92 Å². The Bertz CT molecular complexity index is 1050. The van der Waals surface area contributed by atoms with Gasteiger partial charge in [-0.15, -0.1) is 0 Å². The molecule has 2 N–H and O–H groups in total. The third kappa shape index (κ3) is 4.19. The lowest BCUT2D eigenvalue weighted by Crippen LogP contribution is -2.58. The number of hydrogen-bond donors (Lipinski definition) is 2. The van der Waals surface area contributed by atoms with Crippen LogP contribution in [0.3, 0.4) is 0 Å². The van der Waals surface area contributed by atoms with Crippen LogP contribution in [0.15, 0.2) is 36.5 Å². The monoisotopic (exact) mass is 457 g/mol. The predicted molar refractivity (Wildman–Crippen MR) is 124 cm³/mol. The van der Waals surface area contributed by atoms with Crippen molar-refractivity contribution in [1.82, 2.24) is 14.8 Å². The molecule has 31 heavy (non-hydrogen) atoms. The number of rotatable bonds is 3. The Morgan fingerprint density at radius 3 is 2.65 bits per heavy atom. The van der Waals surface area contributed by atoms with Gasteiger partial charge in [0.05, 0.1) is 22.2 Å². The Labute approximate surface area is 192 Å². The number of amides is 1. The van der Waals surface area contributed by atoms with E-state index in [2.05, 4.69) is 11.9 Å². The lowest BCUT2D eigenvalue weighted by atomic mass is 9.72. The quantitative estimate of drug-likeness (QED) is 0.499. The van der Waals surface area contributed by atoms with E-state index in [9.17, 15) is 4.79 Å². The summed E-state index contributed by atoms with van der Waals surface area (Å²) in [6, 6.07) is 8.74. The average Bonchev–Trinajstić information content (AvgIpc) is 2.74. The number of piperazine rings is 1. The molecule has 0 bridgehead atoms. The molecule has 6 nitrogen and oxygen atoms in total. The Kier molecular flexibility index (Phi) is 6.04. The summed E-state index contributed by atoms with van der Waals surface area (Å²) in [6.45, 7) is 4.59. The van der Waals surface area contributed by atoms with Crippen molar-refractivity contribution >= 4 is 40.8 Å². The van der Waals surface area contributed by atoms with Gasteiger partial charge in [-0.2, -0.15) is 0 Å². The first-order valence-corrected chi connectivity index (χ1v) is 11.2. The highest BCUT2D eigenvalue weighted by atomic mass is 35.5. The van der Waals surface area contributed by atoms with E-state index in [-0.39, 0.29) is 35.2 Å². The minimum atomic E-state index is -0.268. The van der Waals surface area contributed by atoms with Crippen molar-refractivity contribution in [3.8, 4) is 0 Å². The smallest absolute Gasteiger partial charge is 0.256 e. The molecule has 2 aliphatic rings. The SMILES string of the molecule is CC1CC(c2ccnc(C(=N)N3C[C@H](C)N(C(=O)c4cccc(Cl)c4Cl)CC3=N)c2)C1. The van der Waals surface area contributed by atoms with E-state index in [0.29, 0.717) is 28.7 Å². The van der Waals surface area contributed by atoms with Gasteiger partial charge in [0.2, 0.25) is 0 Å². The van der Waals surface area contributed by atoms with Gasteiger partial charge in [0.1, 0.15) is 11.5 Å². The molecule has 162 valence electrons. The third-order valence-corrected chi connectivity index (χ3v) is 7.03. The van der Waals surface area contributed by atoms with Crippen LogP contribution in [0.2, 0.25) is 10.0 Å². The second-order valence-electron chi connectivity index (χ2n) is 8.54. The van der Waals surface area contributed by atoms with Gasteiger partial charge in [-0.1, -0.05) is 36.2 Å². The molecule has 4 rings (SSSR count). The number of nitrogens with one attached hydrogen (secondary N) is 2. The van der Waals surface area contributed by atoms with Gasteiger partial charge in [-0.25, -0.2) is 0 Å². The summed E-state index contributed by atoms with van der Waals surface area (Å²) in [5.74, 6) is 1.38. The van der Waals surface area contributed by atoms with Crippen molar-refractivity contribution in [2.45, 2.75) is 38.6 Å². The number of halogens is 2. The van der Waals surface area contributed by atoms with Crippen molar-refractivity contribution in [3.05, 3.63) is 63.4 Å². The van der Waals surface area contributed by atoms with E-state index in [1.165, 1.54) is 5.56 Å². The highest BCUT2D eigenvalue weighted by Gasteiger charge is 2.34. The molecule has 0 unspecified atom stereocenters. The summed E-state index contributed by atoms with van der Waals surface area (Å²) in [6.07, 6.45) is 4.07. The van der Waals surface area contributed by atoms with Gasteiger partial charge in [-0.3, -0.25) is 20.6 Å². The maximum Gasteiger partial charge on any atom is 0.256 e. The van der Waals surface area contributed by atoms with Crippen molar-refractivity contribution in [2.75, 3.05) is 13.1 Å². The molecule has 1 saturated carbocycles. The van der Waals surface area contributed by atoms with E-state index in [1.54, 1.807) is 34.2 Å². The van der Waals surface area contributed by atoms with E-state index in [1.807, 2.05) is 19.1 Å². The highest BCUT2D eigenvalue weighted by molar-refractivity contribution is 6.43. The van der Waals surface area contributed by atoms with Gasteiger partial charge in [0.15, 0.2) is 5.84 Å². The zero-order chi connectivity index (χ0) is 22.3. The first kappa shape index (κ1) is 21.8. The molecule has 1 atom stereocenters. The van der Waals surface area contributed by atoms with Crippen LogP contribution in [-0.4, -0.2) is 51.5 Å². The first-order valence-electron chi connectivity index (χ1n) is 10.4. The van der Waals surface area contributed by atoms with Gasteiger partial charge < -0.3 is 9.80 Å². The normalized spacial score (nSPS) is 23.5. The zero-order valence-corrected chi connectivity index (χ0v) is 19.0. The summed E-state index contributed by atoms with van der Waals surface area (Å²) in [5, 5.41) is 17.7. The molecule has 8 heteroatoms. The second-order valence-corrected chi connectivity index (χ2v) is 9.32. The molecule has 1 amide bonds. The van der Waals surface area contributed by atoms with E-state index < -0.39 is 0 Å². The molecule has 2 aromatic rings. The Balaban J connectivity index is 1.50. The predicted octanol–water partition coefficient (Wildman–Crippen LogP) is 5.05. The summed E-state index contributed by atoms with van der Waals surface area (Å²) < 4.78 is 0. The Hall–Kier alpha value is -2.44. The van der Waals surface area contributed by atoms with Gasteiger partial charge in [0.25, 0.3) is 5.91 Å². The van der Waals surface area contributed by atoms with Gasteiger partial charge in [-0.05, 0) is 61.4 Å². The third-order valence-electron chi connectivity index (χ3n) is 6.21. The maximum absolute atomic E-state index is 13.1. The van der Waals surface area contributed by atoms with Crippen LogP contribution in [0.4, 0.5) is 0 Å². The van der Waals surface area contributed by atoms with Crippen molar-refractivity contribution in [1.29, 1.82) is 10.8 Å². The largest absolute Gasteiger partial charge is 0.327 e. The summed E-state index contributed by atoms with van der Waals surface area (Å²) in [5.41, 5.74) is 2.09. The summed E-state index contributed by atoms with van der Waals surface area (Å²) in [7, 11) is 0. The first-order chi connectivity index (χ1) is 14.8. The lowest BCUT2D eigenvalue weighted by molar-refractivity contribution is 0.0683. The van der Waals surface area contributed by atoms with Gasteiger partial charge >= 0.3 is 0 Å². The van der Waals surface area contributed by atoms with Crippen LogP contribution in [0, 0.1) is 16.7 Å². The standard InChI is InChI=1S/C23H25Cl2N5O/c1-13-8-16(9-13)15-6-7-28-19(10-15)22(27)30-11-14(2)29(12-20(30)26)23(31)17-4-3-5-18(24)21(17)25/h3-7,10,13-14,16,26-27H,8-9,11-12H2,1-2H3/t13?,14-,16?/m0/s1. The van der Waals surface area contributed by atoms with Crippen LogP contribution in [-0.2, 0) is 0 Å². The fourth-order valence-electron chi connectivity index (χ4n) is 4.34. The van der Waals surface area contributed by atoms with Gasteiger partial charge in [0, 0.05) is 18.8 Å². The van der Waals surface area contributed by atoms with Crippen LogP contribution >= 0.6 is 23.2 Å². The lowest BCUT2D eigenvalue weighted by Gasteiger charge is -2.41. The number of hydrogen-bond acceptors (Lipinski definition) is 4. The molecule has 1 aliphatic carbocycles. The van der Waals surface area contributed by atoms with E-state index in [0.717, 1.165) is 18.8 Å². The summed E-state index contributed by atoms with van der Waals surface area (Å²) in [4.78, 5) is 20.7. The number of amidine groups is 2. The minimum absolute atomic E-state index is 0.0883. The zero-order valence-electron chi connectivity index (χ0n) is 17.5. The Morgan fingerprint density at radius 1 is 1.19 bits per heavy atom. The van der Waals surface area contributed by atoms with E-state index >= 15 is 0 Å². The minimum Gasteiger partial charge on any atom is -0.327 e. The van der Waals surface area contributed by atoms with Crippen LogP contribution in [0.1, 0.15) is 54.2 Å². The number of carbonyl (C=O) groups is 1. The molecule has 0 spiro atoms. The van der Waals surface area contributed by atoms with Crippen molar-refractivity contribution in [3.63, 3.8) is 0 Å². The van der Waals surface area contributed by atoms with Crippen LogP contribution in [0.25, 0.3) is 0 Å². The topological polar surface area (TPSA) is 84.1 Å². The number of nitrogens with zero attached hydrogens (tertiary/aromatic N) is 3. The average molecular weight is 458 g/mol. The molecule has 2 fully saturated rings. The second kappa shape index (κ2) is 8.60. The molecular weight excluding hydrogens is 433 g/mol. The van der Waals surface area contributed by atoms with E-state index in [4.69, 9.17) is 34.0 Å². The van der Waals surface area contributed by atoms with Crippen LogP contribution in [0.5, 0.6) is 0 Å². The van der Waals surface area contributed by atoms with Crippen molar-refractivity contribution < 1.29 is 4.79 Å². The van der Waals surface area contributed by atoms with Crippen LogP contribution < -0.4 is 0 Å². The number of carbonyl (C=O) groups excluding carboxylic acids is 1. The fourth-order valence-corrected chi connectivity index (χ4v) is 4.72. The summed E-state index contributed by atoms with van der Waals surface area (Å²) >= 11 is 12.3. The molecule has 1 saturated heterocycles.